The Balaban J connectivity index is 1.64. The van der Waals surface area contributed by atoms with Crippen molar-refractivity contribution in [2.75, 3.05) is 0 Å². The first-order valence-electron chi connectivity index (χ1n) is 10.9. The van der Waals surface area contributed by atoms with Crippen molar-refractivity contribution in [2.45, 2.75) is 33.1 Å². The maximum absolute atomic E-state index is 12.4. The van der Waals surface area contributed by atoms with Gasteiger partial charge in [-0.25, -0.2) is 9.59 Å². The molecule has 0 aliphatic rings. The van der Waals surface area contributed by atoms with E-state index in [-0.39, 0.29) is 5.57 Å². The van der Waals surface area contributed by atoms with Crippen molar-refractivity contribution in [3.63, 3.8) is 0 Å². The SMILES string of the molecule is CCCc1ccc(C(=O)Oc2ccc(C=C(C#N)C(=O)Oc3ccc(CC)cc3)cc2)cc1. The maximum atomic E-state index is 12.4. The second-order valence-corrected chi connectivity index (χ2v) is 7.46. The van der Waals surface area contributed by atoms with Crippen LogP contribution in [0.3, 0.4) is 0 Å². The van der Waals surface area contributed by atoms with Crippen LogP contribution in [0.5, 0.6) is 11.5 Å². The van der Waals surface area contributed by atoms with Gasteiger partial charge in [-0.15, -0.1) is 0 Å². The van der Waals surface area contributed by atoms with Gasteiger partial charge in [0.25, 0.3) is 0 Å². The predicted molar refractivity (Wildman–Crippen MR) is 127 cm³/mol. The lowest BCUT2D eigenvalue weighted by Gasteiger charge is -2.06. The standard InChI is InChI=1S/C28H25NO4/c1-3-5-21-6-12-23(13-7-21)27(30)32-26-16-10-22(11-17-26)18-24(19-29)28(31)33-25-14-8-20(4-2)9-15-25/h6-18H,3-5H2,1-2H3. The molecule has 166 valence electrons. The Kier molecular flexibility index (Phi) is 8.15. The number of rotatable bonds is 8. The van der Waals surface area contributed by atoms with Crippen LogP contribution < -0.4 is 9.47 Å². The first kappa shape index (κ1) is 23.5. The zero-order valence-corrected chi connectivity index (χ0v) is 18.7. The van der Waals surface area contributed by atoms with Gasteiger partial charge in [0.15, 0.2) is 0 Å². The number of hydrogen-bond acceptors (Lipinski definition) is 5. The van der Waals surface area contributed by atoms with Gasteiger partial charge < -0.3 is 9.47 Å². The van der Waals surface area contributed by atoms with Gasteiger partial charge >= 0.3 is 11.9 Å². The molecule has 0 heterocycles. The number of hydrogen-bond donors (Lipinski definition) is 0. The van der Waals surface area contributed by atoms with Crippen LogP contribution in [0.15, 0.2) is 78.4 Å². The van der Waals surface area contributed by atoms with Crippen LogP contribution in [0, 0.1) is 11.3 Å². The molecule has 0 bridgehead atoms. The topological polar surface area (TPSA) is 76.4 Å². The molecule has 0 fully saturated rings. The van der Waals surface area contributed by atoms with E-state index in [2.05, 4.69) is 6.92 Å². The molecule has 0 N–H and O–H groups in total. The number of esters is 2. The molecule has 5 heteroatoms. The Morgan fingerprint density at radius 1 is 0.818 bits per heavy atom. The minimum absolute atomic E-state index is 0.133. The summed E-state index contributed by atoms with van der Waals surface area (Å²) in [6, 6.07) is 22.9. The summed E-state index contributed by atoms with van der Waals surface area (Å²) in [7, 11) is 0. The summed E-state index contributed by atoms with van der Waals surface area (Å²) in [4.78, 5) is 24.7. The van der Waals surface area contributed by atoms with Crippen LogP contribution in [0.25, 0.3) is 6.08 Å². The van der Waals surface area contributed by atoms with E-state index in [0.717, 1.165) is 24.8 Å². The van der Waals surface area contributed by atoms with E-state index in [9.17, 15) is 14.9 Å². The summed E-state index contributed by atoms with van der Waals surface area (Å²) in [5.41, 5.74) is 3.25. The highest BCUT2D eigenvalue weighted by atomic mass is 16.5. The van der Waals surface area contributed by atoms with Crippen LogP contribution in [-0.2, 0) is 17.6 Å². The van der Waals surface area contributed by atoms with Gasteiger partial charge in [-0.2, -0.15) is 5.26 Å². The molecule has 0 aliphatic heterocycles. The highest BCUT2D eigenvalue weighted by Gasteiger charge is 2.13. The van der Waals surface area contributed by atoms with Gasteiger partial charge in [0.1, 0.15) is 23.1 Å². The number of nitrogens with zero attached hydrogens (tertiary/aromatic N) is 1. The lowest BCUT2D eigenvalue weighted by Crippen LogP contribution is -2.10. The quantitative estimate of drug-likeness (QED) is 0.188. The Hall–Kier alpha value is -4.17. The predicted octanol–water partition coefficient (Wildman–Crippen LogP) is 5.93. The van der Waals surface area contributed by atoms with Crippen molar-refractivity contribution in [3.8, 4) is 17.6 Å². The second-order valence-electron chi connectivity index (χ2n) is 7.46. The van der Waals surface area contributed by atoms with E-state index in [1.54, 1.807) is 48.5 Å². The minimum Gasteiger partial charge on any atom is -0.423 e. The van der Waals surface area contributed by atoms with Crippen LogP contribution >= 0.6 is 0 Å². The van der Waals surface area contributed by atoms with E-state index in [1.807, 2.05) is 37.3 Å². The molecule has 0 radical (unpaired) electrons. The molecule has 0 aliphatic carbocycles. The number of carbonyl (C=O) groups is 2. The molecular weight excluding hydrogens is 414 g/mol. The van der Waals surface area contributed by atoms with E-state index >= 15 is 0 Å². The van der Waals surface area contributed by atoms with E-state index in [4.69, 9.17) is 9.47 Å². The molecule has 3 aromatic rings. The lowest BCUT2D eigenvalue weighted by molar-refractivity contribution is -0.129. The second kappa shape index (κ2) is 11.4. The van der Waals surface area contributed by atoms with Crippen molar-refractivity contribution in [1.29, 1.82) is 5.26 Å². The molecule has 0 atom stereocenters. The minimum atomic E-state index is -0.733. The molecule has 0 aromatic heterocycles. The summed E-state index contributed by atoms with van der Waals surface area (Å²) in [5, 5.41) is 9.38. The first-order valence-corrected chi connectivity index (χ1v) is 10.9. The molecule has 0 spiro atoms. The van der Waals surface area contributed by atoms with Gasteiger partial charge in [0.05, 0.1) is 5.56 Å². The summed E-state index contributed by atoms with van der Waals surface area (Å²) in [5.74, 6) is -0.435. The van der Waals surface area contributed by atoms with Crippen molar-refractivity contribution in [1.82, 2.24) is 0 Å². The van der Waals surface area contributed by atoms with Crippen molar-refractivity contribution in [2.24, 2.45) is 0 Å². The first-order chi connectivity index (χ1) is 16.0. The Labute approximate surface area is 193 Å². The monoisotopic (exact) mass is 439 g/mol. The van der Waals surface area contributed by atoms with Crippen LogP contribution in [0.4, 0.5) is 0 Å². The van der Waals surface area contributed by atoms with Gasteiger partial charge in [-0.05, 0) is 72.0 Å². The summed E-state index contributed by atoms with van der Waals surface area (Å²) in [6.07, 6.45) is 4.32. The number of benzene rings is 3. The van der Waals surface area contributed by atoms with E-state index < -0.39 is 11.9 Å². The lowest BCUT2D eigenvalue weighted by atomic mass is 10.1. The van der Waals surface area contributed by atoms with Gasteiger partial charge in [0.2, 0.25) is 0 Å². The van der Waals surface area contributed by atoms with E-state index in [0.29, 0.717) is 22.6 Å². The molecule has 5 nitrogen and oxygen atoms in total. The molecule has 3 aromatic carbocycles. The Morgan fingerprint density at radius 2 is 1.39 bits per heavy atom. The van der Waals surface area contributed by atoms with Gasteiger partial charge in [-0.1, -0.05) is 56.7 Å². The van der Waals surface area contributed by atoms with Crippen molar-refractivity contribution in [3.05, 3.63) is 101 Å². The van der Waals surface area contributed by atoms with Crippen LogP contribution in [0.1, 0.15) is 47.3 Å². The zero-order valence-electron chi connectivity index (χ0n) is 18.7. The highest BCUT2D eigenvalue weighted by molar-refractivity contribution is 5.99. The van der Waals surface area contributed by atoms with Crippen molar-refractivity contribution < 1.29 is 19.1 Å². The molecule has 0 unspecified atom stereocenters. The molecule has 33 heavy (non-hydrogen) atoms. The highest BCUT2D eigenvalue weighted by Crippen LogP contribution is 2.18. The summed E-state index contributed by atoms with van der Waals surface area (Å²) >= 11 is 0. The third-order valence-electron chi connectivity index (χ3n) is 5.01. The average Bonchev–Trinajstić information content (AvgIpc) is 2.84. The Morgan fingerprint density at radius 3 is 1.97 bits per heavy atom. The molecular formula is C28H25NO4. The zero-order chi connectivity index (χ0) is 23.6. The molecule has 0 amide bonds. The van der Waals surface area contributed by atoms with Crippen LogP contribution in [-0.4, -0.2) is 11.9 Å². The fraction of sp³-hybridized carbons (Fsp3) is 0.179. The Bertz CT molecular complexity index is 1170. The number of nitriles is 1. The third kappa shape index (κ3) is 6.65. The van der Waals surface area contributed by atoms with Gasteiger partial charge in [-0.3, -0.25) is 0 Å². The normalized spacial score (nSPS) is 10.9. The van der Waals surface area contributed by atoms with Crippen LogP contribution in [0.2, 0.25) is 0 Å². The molecule has 0 saturated carbocycles. The number of carbonyl (C=O) groups excluding carboxylic acids is 2. The largest absolute Gasteiger partial charge is 0.423 e. The smallest absolute Gasteiger partial charge is 0.354 e. The number of aryl methyl sites for hydroxylation is 2. The maximum Gasteiger partial charge on any atom is 0.354 e. The summed E-state index contributed by atoms with van der Waals surface area (Å²) in [6.45, 7) is 4.14. The average molecular weight is 440 g/mol. The van der Waals surface area contributed by atoms with Crippen molar-refractivity contribution >= 4 is 18.0 Å². The fourth-order valence-corrected chi connectivity index (χ4v) is 3.15. The third-order valence-corrected chi connectivity index (χ3v) is 5.01. The van der Waals surface area contributed by atoms with E-state index in [1.165, 1.54) is 11.6 Å². The molecule has 3 rings (SSSR count). The van der Waals surface area contributed by atoms with Gasteiger partial charge in [0, 0.05) is 0 Å². The summed E-state index contributed by atoms with van der Waals surface area (Å²) < 4.78 is 10.7. The number of ether oxygens (including phenoxy) is 2. The fourth-order valence-electron chi connectivity index (χ4n) is 3.15. The molecule has 0 saturated heterocycles.